The predicted molar refractivity (Wildman–Crippen MR) is 111 cm³/mol. The lowest BCUT2D eigenvalue weighted by Gasteiger charge is -2.19. The molecule has 2 atom stereocenters. The highest BCUT2D eigenvalue weighted by atomic mass is 16.5. The number of likely N-dealkylation sites (tertiary alicyclic amines) is 1. The lowest BCUT2D eigenvalue weighted by Crippen LogP contribution is -2.37. The van der Waals surface area contributed by atoms with E-state index in [2.05, 4.69) is 14.8 Å². The molecule has 11 heteroatoms. The van der Waals surface area contributed by atoms with Crippen molar-refractivity contribution in [3.05, 3.63) is 29.3 Å². The summed E-state index contributed by atoms with van der Waals surface area (Å²) in [6.45, 7) is -1.25. The lowest BCUT2D eigenvalue weighted by atomic mass is 9.81. The van der Waals surface area contributed by atoms with Crippen LogP contribution in [0.25, 0.3) is 0 Å². The minimum atomic E-state index is -0.899. The van der Waals surface area contributed by atoms with E-state index in [1.54, 1.807) is 0 Å². The molecule has 2 fully saturated rings. The van der Waals surface area contributed by atoms with Crippen molar-refractivity contribution >= 4 is 41.3 Å². The van der Waals surface area contributed by atoms with E-state index in [0.717, 1.165) is 32.0 Å². The van der Waals surface area contributed by atoms with Crippen LogP contribution in [0.1, 0.15) is 46.4 Å². The van der Waals surface area contributed by atoms with Gasteiger partial charge in [0.25, 0.3) is 5.91 Å². The molecule has 1 aliphatic carbocycles. The third-order valence-corrected chi connectivity index (χ3v) is 5.64. The Bertz CT molecular complexity index is 945. The standard InChI is InChI=1S/C22H24N2O9/c1-31-21(29)12-7-13(22(30)32-2)9-14(8-12)23-17(25)11-33-18(26)10-24-19(27)15-5-3-4-6-16(15)20(24)28/h7-9,15-16H,3-6,10-11H2,1-2H3,(H,23,25)/t15-,16-/m0/s1. The molecule has 1 aromatic carbocycles. The second kappa shape index (κ2) is 10.2. The fourth-order valence-electron chi connectivity index (χ4n) is 4.08. The molecule has 0 radical (unpaired) electrons. The van der Waals surface area contributed by atoms with Crippen molar-refractivity contribution < 1.29 is 43.0 Å². The highest BCUT2D eigenvalue weighted by Gasteiger charge is 2.48. The predicted octanol–water partition coefficient (Wildman–Crippen LogP) is 0.917. The van der Waals surface area contributed by atoms with Crippen LogP contribution in [0, 0.1) is 11.8 Å². The fourth-order valence-corrected chi connectivity index (χ4v) is 4.08. The van der Waals surface area contributed by atoms with Gasteiger partial charge >= 0.3 is 17.9 Å². The first-order chi connectivity index (χ1) is 15.7. The summed E-state index contributed by atoms with van der Waals surface area (Å²) in [4.78, 5) is 73.8. The number of anilines is 1. The van der Waals surface area contributed by atoms with Crippen LogP contribution in [0.3, 0.4) is 0 Å². The molecule has 0 spiro atoms. The molecular formula is C22H24N2O9. The highest BCUT2D eigenvalue weighted by molar-refractivity contribution is 6.07. The Kier molecular flexibility index (Phi) is 7.41. The second-order valence-corrected chi connectivity index (χ2v) is 7.75. The summed E-state index contributed by atoms with van der Waals surface area (Å²) < 4.78 is 14.2. The quantitative estimate of drug-likeness (QED) is 0.356. The van der Waals surface area contributed by atoms with Gasteiger partial charge in [-0.25, -0.2) is 9.59 Å². The van der Waals surface area contributed by atoms with Gasteiger partial charge in [-0.3, -0.25) is 24.1 Å². The summed E-state index contributed by atoms with van der Waals surface area (Å²) >= 11 is 0. The smallest absolute Gasteiger partial charge is 0.337 e. The van der Waals surface area contributed by atoms with Crippen molar-refractivity contribution in [2.45, 2.75) is 25.7 Å². The van der Waals surface area contributed by atoms with Gasteiger partial charge in [0.05, 0.1) is 37.2 Å². The molecule has 3 rings (SSSR count). The van der Waals surface area contributed by atoms with Gasteiger partial charge < -0.3 is 19.5 Å². The maximum atomic E-state index is 12.4. The normalized spacial score (nSPS) is 19.5. The maximum Gasteiger partial charge on any atom is 0.337 e. The van der Waals surface area contributed by atoms with Gasteiger partial charge in [0, 0.05) is 5.69 Å². The lowest BCUT2D eigenvalue weighted by molar-refractivity contribution is -0.154. The number of nitrogens with zero attached hydrogens (tertiary/aromatic N) is 1. The number of imide groups is 1. The van der Waals surface area contributed by atoms with E-state index < -0.39 is 37.0 Å². The molecule has 0 aromatic heterocycles. The number of ether oxygens (including phenoxy) is 3. The molecule has 1 aromatic rings. The van der Waals surface area contributed by atoms with E-state index in [1.165, 1.54) is 18.2 Å². The van der Waals surface area contributed by atoms with Gasteiger partial charge in [-0.1, -0.05) is 12.8 Å². The zero-order chi connectivity index (χ0) is 24.1. The van der Waals surface area contributed by atoms with Crippen molar-refractivity contribution in [1.82, 2.24) is 4.90 Å². The number of rotatable bonds is 7. The number of benzene rings is 1. The molecule has 0 bridgehead atoms. The highest BCUT2D eigenvalue weighted by Crippen LogP contribution is 2.37. The second-order valence-electron chi connectivity index (χ2n) is 7.75. The molecule has 1 heterocycles. The number of hydrogen-bond donors (Lipinski definition) is 1. The topological polar surface area (TPSA) is 145 Å². The SMILES string of the molecule is COC(=O)c1cc(NC(=O)COC(=O)CN2C(=O)[C@H]3CCCC[C@@H]3C2=O)cc(C(=O)OC)c1. The summed E-state index contributed by atoms with van der Waals surface area (Å²) in [6.07, 6.45) is 2.99. The van der Waals surface area contributed by atoms with Crippen molar-refractivity contribution in [1.29, 1.82) is 0 Å². The number of amides is 3. The van der Waals surface area contributed by atoms with Crippen LogP contribution in [0.5, 0.6) is 0 Å². The van der Waals surface area contributed by atoms with Crippen LogP contribution in [-0.4, -0.2) is 67.9 Å². The van der Waals surface area contributed by atoms with Crippen LogP contribution < -0.4 is 5.32 Å². The van der Waals surface area contributed by atoms with Gasteiger partial charge in [-0.05, 0) is 31.0 Å². The molecular weight excluding hydrogens is 436 g/mol. The van der Waals surface area contributed by atoms with Crippen LogP contribution in [-0.2, 0) is 33.4 Å². The molecule has 0 unspecified atom stereocenters. The number of esters is 3. The first-order valence-corrected chi connectivity index (χ1v) is 10.4. The summed E-state index contributed by atoms with van der Waals surface area (Å²) in [5.41, 5.74) is 0.0776. The Labute approximate surface area is 189 Å². The minimum absolute atomic E-state index is 0.000204. The monoisotopic (exact) mass is 460 g/mol. The average Bonchev–Trinajstić information content (AvgIpc) is 3.06. The van der Waals surface area contributed by atoms with Crippen LogP contribution in [0.4, 0.5) is 5.69 Å². The molecule has 1 saturated carbocycles. The number of hydrogen-bond acceptors (Lipinski definition) is 9. The summed E-state index contributed by atoms with van der Waals surface area (Å²) in [6, 6.07) is 3.80. The number of methoxy groups -OCH3 is 2. The average molecular weight is 460 g/mol. The van der Waals surface area contributed by atoms with E-state index in [9.17, 15) is 28.8 Å². The zero-order valence-corrected chi connectivity index (χ0v) is 18.3. The summed E-state index contributed by atoms with van der Waals surface area (Å²) in [5, 5.41) is 2.41. The van der Waals surface area contributed by atoms with Gasteiger partial charge in [0.15, 0.2) is 6.61 Å². The molecule has 2 aliphatic rings. The van der Waals surface area contributed by atoms with Crippen LogP contribution in [0.15, 0.2) is 18.2 Å². The van der Waals surface area contributed by atoms with Gasteiger partial charge in [0.1, 0.15) is 6.54 Å². The molecule has 3 amide bonds. The number of carbonyl (C=O) groups is 6. The van der Waals surface area contributed by atoms with E-state index in [1.807, 2.05) is 0 Å². The Morgan fingerprint density at radius 1 is 0.909 bits per heavy atom. The van der Waals surface area contributed by atoms with Crippen molar-refractivity contribution in [3.63, 3.8) is 0 Å². The Morgan fingerprint density at radius 3 is 1.91 bits per heavy atom. The van der Waals surface area contributed by atoms with Gasteiger partial charge in [-0.15, -0.1) is 0 Å². The van der Waals surface area contributed by atoms with E-state index in [4.69, 9.17) is 4.74 Å². The first kappa shape index (κ1) is 23.9. The van der Waals surface area contributed by atoms with Crippen molar-refractivity contribution in [2.24, 2.45) is 11.8 Å². The molecule has 11 nitrogen and oxygen atoms in total. The largest absolute Gasteiger partial charge is 0.465 e. The van der Waals surface area contributed by atoms with E-state index in [0.29, 0.717) is 12.8 Å². The van der Waals surface area contributed by atoms with Crippen molar-refractivity contribution in [3.8, 4) is 0 Å². The Hall–Kier alpha value is -3.76. The number of fused-ring (bicyclic) bond motifs is 1. The Balaban J connectivity index is 1.58. The first-order valence-electron chi connectivity index (χ1n) is 10.4. The maximum absolute atomic E-state index is 12.4. The Morgan fingerprint density at radius 2 is 1.42 bits per heavy atom. The van der Waals surface area contributed by atoms with Gasteiger partial charge in [-0.2, -0.15) is 0 Å². The third kappa shape index (κ3) is 5.36. The third-order valence-electron chi connectivity index (χ3n) is 5.64. The number of nitrogens with one attached hydrogen (secondary N) is 1. The summed E-state index contributed by atoms with van der Waals surface area (Å²) in [7, 11) is 2.32. The van der Waals surface area contributed by atoms with Crippen LogP contribution >= 0.6 is 0 Å². The van der Waals surface area contributed by atoms with Crippen LogP contribution in [0.2, 0.25) is 0 Å². The zero-order valence-electron chi connectivity index (χ0n) is 18.3. The molecule has 1 N–H and O–H groups in total. The molecule has 33 heavy (non-hydrogen) atoms. The van der Waals surface area contributed by atoms with Gasteiger partial charge in [0.2, 0.25) is 11.8 Å². The molecule has 1 aliphatic heterocycles. The minimum Gasteiger partial charge on any atom is -0.465 e. The molecule has 176 valence electrons. The summed E-state index contributed by atoms with van der Waals surface area (Å²) in [5.74, 6) is -4.63. The molecule has 1 saturated heterocycles. The fraction of sp³-hybridized carbons (Fsp3) is 0.455. The van der Waals surface area contributed by atoms with E-state index in [-0.39, 0.29) is 40.5 Å². The van der Waals surface area contributed by atoms with E-state index >= 15 is 0 Å². The number of carbonyl (C=O) groups excluding carboxylic acids is 6. The van der Waals surface area contributed by atoms with Crippen molar-refractivity contribution in [2.75, 3.05) is 32.7 Å².